The monoisotopic (exact) mass is 373 g/mol. The summed E-state index contributed by atoms with van der Waals surface area (Å²) in [7, 11) is 2.08. The quantitative estimate of drug-likeness (QED) is 0.845. The van der Waals surface area contributed by atoms with Gasteiger partial charge in [0.25, 0.3) is 0 Å². The normalized spacial score (nSPS) is 14.9. The van der Waals surface area contributed by atoms with Gasteiger partial charge in [0.1, 0.15) is 12.4 Å². The third kappa shape index (κ3) is 5.38. The van der Waals surface area contributed by atoms with Crippen molar-refractivity contribution >= 4 is 23.2 Å². The number of hydrogen-bond donors (Lipinski definition) is 1. The van der Waals surface area contributed by atoms with Gasteiger partial charge in [-0.05, 0) is 49.0 Å². The van der Waals surface area contributed by atoms with Gasteiger partial charge in [-0.2, -0.15) is 0 Å². The number of hydrogen-bond acceptors (Lipinski definition) is 4. The van der Waals surface area contributed by atoms with Crippen LogP contribution in [0.25, 0.3) is 0 Å². The van der Waals surface area contributed by atoms with Crippen molar-refractivity contribution in [2.45, 2.75) is 6.61 Å². The van der Waals surface area contributed by atoms with Crippen LogP contribution in [0.3, 0.4) is 0 Å². The lowest BCUT2D eigenvalue weighted by molar-refractivity contribution is -0.130. The third-order valence-corrected chi connectivity index (χ3v) is 4.72. The van der Waals surface area contributed by atoms with E-state index in [1.165, 1.54) is 0 Å². The smallest absolute Gasteiger partial charge is 0.241 e. The molecule has 0 aromatic heterocycles. The highest BCUT2D eigenvalue weighted by molar-refractivity contribution is 6.30. The fourth-order valence-corrected chi connectivity index (χ4v) is 2.89. The molecule has 1 aliphatic heterocycles. The van der Waals surface area contributed by atoms with Crippen molar-refractivity contribution in [3.05, 3.63) is 59.1 Å². The number of likely N-dealkylation sites (N-methyl/N-ethyl adjacent to an activating group) is 1. The largest absolute Gasteiger partial charge is 0.489 e. The van der Waals surface area contributed by atoms with E-state index in [2.05, 4.69) is 17.3 Å². The minimum absolute atomic E-state index is 0.140. The average molecular weight is 374 g/mol. The van der Waals surface area contributed by atoms with Crippen molar-refractivity contribution in [2.75, 3.05) is 45.1 Å². The maximum absolute atomic E-state index is 12.2. The second-order valence-electron chi connectivity index (χ2n) is 6.48. The van der Waals surface area contributed by atoms with Crippen molar-refractivity contribution in [3.63, 3.8) is 0 Å². The molecule has 138 valence electrons. The molecule has 0 aliphatic carbocycles. The van der Waals surface area contributed by atoms with Gasteiger partial charge in [0.2, 0.25) is 5.91 Å². The molecule has 0 spiro atoms. The number of benzene rings is 2. The molecule has 1 aliphatic rings. The number of anilines is 1. The van der Waals surface area contributed by atoms with Gasteiger partial charge in [-0.1, -0.05) is 23.7 Å². The topological polar surface area (TPSA) is 44.8 Å². The Labute approximate surface area is 159 Å². The van der Waals surface area contributed by atoms with Crippen molar-refractivity contribution in [1.29, 1.82) is 0 Å². The van der Waals surface area contributed by atoms with Crippen LogP contribution in [0.4, 0.5) is 5.69 Å². The van der Waals surface area contributed by atoms with Crippen molar-refractivity contribution in [2.24, 2.45) is 0 Å². The number of carbonyl (C=O) groups is 1. The molecule has 2 aromatic rings. The molecule has 0 radical (unpaired) electrons. The summed E-state index contributed by atoms with van der Waals surface area (Å²) in [5.74, 6) is 0.928. The molecule has 5 nitrogen and oxygen atoms in total. The average Bonchev–Trinajstić information content (AvgIpc) is 2.67. The fourth-order valence-electron chi connectivity index (χ4n) is 2.76. The zero-order valence-electron chi connectivity index (χ0n) is 15.0. The van der Waals surface area contributed by atoms with Crippen LogP contribution >= 0.6 is 11.6 Å². The highest BCUT2D eigenvalue weighted by atomic mass is 35.5. The van der Waals surface area contributed by atoms with E-state index in [0.29, 0.717) is 13.2 Å². The Morgan fingerprint density at radius 2 is 1.69 bits per heavy atom. The van der Waals surface area contributed by atoms with E-state index < -0.39 is 0 Å². The van der Waals surface area contributed by atoms with E-state index in [-0.39, 0.29) is 5.91 Å². The standard InChI is InChI=1S/C20H24ClN3O2/c1-23-10-12-24(13-11-23)20(25)14-22-18-6-8-19(9-7-18)26-15-16-2-4-17(21)5-3-16/h2-9,22H,10-15H2,1H3. The highest BCUT2D eigenvalue weighted by Gasteiger charge is 2.18. The zero-order valence-corrected chi connectivity index (χ0v) is 15.7. The lowest BCUT2D eigenvalue weighted by Gasteiger charge is -2.32. The number of piperazine rings is 1. The Balaban J connectivity index is 1.44. The Bertz CT molecular complexity index is 711. The van der Waals surface area contributed by atoms with Gasteiger partial charge in [-0.15, -0.1) is 0 Å². The molecule has 3 rings (SSSR count). The van der Waals surface area contributed by atoms with E-state index in [9.17, 15) is 4.79 Å². The minimum atomic E-state index is 0.140. The van der Waals surface area contributed by atoms with Crippen LogP contribution in [0.1, 0.15) is 5.56 Å². The zero-order chi connectivity index (χ0) is 18.4. The SMILES string of the molecule is CN1CCN(C(=O)CNc2ccc(OCc3ccc(Cl)cc3)cc2)CC1. The summed E-state index contributed by atoms with van der Waals surface area (Å²) < 4.78 is 5.77. The van der Waals surface area contributed by atoms with E-state index >= 15 is 0 Å². The van der Waals surface area contributed by atoms with Crippen molar-refractivity contribution < 1.29 is 9.53 Å². The first-order valence-corrected chi connectivity index (χ1v) is 9.15. The summed E-state index contributed by atoms with van der Waals surface area (Å²) >= 11 is 5.88. The van der Waals surface area contributed by atoms with Crippen LogP contribution in [-0.2, 0) is 11.4 Å². The van der Waals surface area contributed by atoms with Crippen LogP contribution in [0.2, 0.25) is 5.02 Å². The number of rotatable bonds is 6. The number of nitrogens with one attached hydrogen (secondary N) is 1. The molecule has 1 amide bonds. The molecule has 1 N–H and O–H groups in total. The number of nitrogens with zero attached hydrogens (tertiary/aromatic N) is 2. The second kappa shape index (κ2) is 8.92. The molecule has 0 unspecified atom stereocenters. The number of carbonyl (C=O) groups excluding carboxylic acids is 1. The van der Waals surface area contributed by atoms with Crippen molar-refractivity contribution in [1.82, 2.24) is 9.80 Å². The first kappa shape index (κ1) is 18.5. The number of ether oxygens (including phenoxy) is 1. The Morgan fingerprint density at radius 3 is 2.35 bits per heavy atom. The highest BCUT2D eigenvalue weighted by Crippen LogP contribution is 2.18. The van der Waals surface area contributed by atoms with E-state index in [1.807, 2.05) is 53.4 Å². The Kier molecular flexibility index (Phi) is 6.36. The van der Waals surface area contributed by atoms with Gasteiger partial charge in [-0.25, -0.2) is 0 Å². The van der Waals surface area contributed by atoms with E-state index in [1.54, 1.807) is 0 Å². The lowest BCUT2D eigenvalue weighted by Crippen LogP contribution is -2.48. The van der Waals surface area contributed by atoms with E-state index in [4.69, 9.17) is 16.3 Å². The predicted octanol–water partition coefficient (Wildman–Crippen LogP) is 3.10. The molecule has 1 heterocycles. The van der Waals surface area contributed by atoms with Gasteiger partial charge in [0.15, 0.2) is 0 Å². The molecule has 1 fully saturated rings. The Hall–Kier alpha value is -2.24. The van der Waals surface area contributed by atoms with Crippen LogP contribution in [0.5, 0.6) is 5.75 Å². The lowest BCUT2D eigenvalue weighted by atomic mass is 10.2. The Morgan fingerprint density at radius 1 is 1.04 bits per heavy atom. The minimum Gasteiger partial charge on any atom is -0.489 e. The van der Waals surface area contributed by atoms with Gasteiger partial charge < -0.3 is 19.9 Å². The summed E-state index contributed by atoms with van der Waals surface area (Å²) in [5, 5.41) is 3.90. The third-order valence-electron chi connectivity index (χ3n) is 4.47. The van der Waals surface area contributed by atoms with Crippen LogP contribution in [-0.4, -0.2) is 55.5 Å². The summed E-state index contributed by atoms with van der Waals surface area (Å²) in [4.78, 5) is 16.4. The molecule has 6 heteroatoms. The molecule has 0 bridgehead atoms. The summed E-state index contributed by atoms with van der Waals surface area (Å²) in [6.07, 6.45) is 0. The molecule has 0 atom stereocenters. The molecular weight excluding hydrogens is 350 g/mol. The fraction of sp³-hybridized carbons (Fsp3) is 0.350. The maximum Gasteiger partial charge on any atom is 0.241 e. The number of halogens is 1. The van der Waals surface area contributed by atoms with Crippen LogP contribution in [0, 0.1) is 0 Å². The summed E-state index contributed by atoms with van der Waals surface area (Å²) in [6.45, 7) is 4.28. The van der Waals surface area contributed by atoms with Gasteiger partial charge in [0.05, 0.1) is 6.54 Å². The van der Waals surface area contributed by atoms with Crippen LogP contribution < -0.4 is 10.1 Å². The van der Waals surface area contributed by atoms with Gasteiger partial charge in [-0.3, -0.25) is 4.79 Å². The summed E-state index contributed by atoms with van der Waals surface area (Å²) in [6, 6.07) is 15.2. The maximum atomic E-state index is 12.2. The predicted molar refractivity (Wildman–Crippen MR) is 105 cm³/mol. The van der Waals surface area contributed by atoms with Crippen molar-refractivity contribution in [3.8, 4) is 5.75 Å². The molecule has 0 saturated carbocycles. The molecule has 26 heavy (non-hydrogen) atoms. The first-order valence-electron chi connectivity index (χ1n) is 8.78. The van der Waals surface area contributed by atoms with Gasteiger partial charge >= 0.3 is 0 Å². The van der Waals surface area contributed by atoms with Gasteiger partial charge in [0, 0.05) is 36.9 Å². The van der Waals surface area contributed by atoms with E-state index in [0.717, 1.165) is 48.2 Å². The molecule has 1 saturated heterocycles. The second-order valence-corrected chi connectivity index (χ2v) is 6.91. The van der Waals surface area contributed by atoms with Crippen LogP contribution in [0.15, 0.2) is 48.5 Å². The molecular formula is C20H24ClN3O2. The summed E-state index contributed by atoms with van der Waals surface area (Å²) in [5.41, 5.74) is 1.97. The number of amides is 1. The first-order chi connectivity index (χ1) is 12.6. The molecule has 2 aromatic carbocycles.